The molecule has 0 aliphatic heterocycles. The van der Waals surface area contributed by atoms with Crippen molar-refractivity contribution in [2.24, 2.45) is 0 Å². The third-order valence-corrected chi connectivity index (χ3v) is 3.15. The van der Waals surface area contributed by atoms with Crippen molar-refractivity contribution >= 4 is 16.9 Å². The van der Waals surface area contributed by atoms with Crippen LogP contribution in [0.2, 0.25) is 0 Å². The molecule has 0 saturated heterocycles. The van der Waals surface area contributed by atoms with Crippen LogP contribution in [0.5, 0.6) is 0 Å². The fourth-order valence-corrected chi connectivity index (χ4v) is 2.12. The van der Waals surface area contributed by atoms with E-state index in [9.17, 15) is 10.0 Å². The molecule has 0 radical (unpaired) electrons. The Labute approximate surface area is 125 Å². The van der Waals surface area contributed by atoms with Crippen LogP contribution >= 0.6 is 0 Å². The number of benzene rings is 1. The number of hydrogen-bond acceptors (Lipinski definition) is 6. The summed E-state index contributed by atoms with van der Waals surface area (Å²) in [5, 5.41) is 22.1. The molecule has 0 aliphatic carbocycles. The number of hydrogen-bond donors (Lipinski definition) is 2. The molecule has 0 saturated carbocycles. The largest absolute Gasteiger partial charge is 0.422 e. The van der Waals surface area contributed by atoms with Gasteiger partial charge in [-0.15, -0.1) is 4.73 Å². The van der Waals surface area contributed by atoms with Crippen molar-refractivity contribution in [3.63, 3.8) is 0 Å². The number of nitrogens with zero attached hydrogens (tertiary/aromatic N) is 4. The first-order valence-electron chi connectivity index (χ1n) is 6.49. The average molecular weight is 293 g/mol. The molecule has 2 N–H and O–H groups in total. The highest BCUT2D eigenvalue weighted by molar-refractivity contribution is 5.86. The van der Waals surface area contributed by atoms with E-state index in [4.69, 9.17) is 5.26 Å². The normalized spacial score (nSPS) is 10.3. The van der Waals surface area contributed by atoms with Crippen LogP contribution in [0.3, 0.4) is 0 Å². The van der Waals surface area contributed by atoms with Crippen molar-refractivity contribution in [1.82, 2.24) is 14.7 Å². The molecule has 7 heteroatoms. The zero-order valence-electron chi connectivity index (χ0n) is 11.4. The molecule has 2 aromatic heterocycles. The van der Waals surface area contributed by atoms with Crippen molar-refractivity contribution in [3.8, 4) is 6.07 Å². The van der Waals surface area contributed by atoms with Gasteiger partial charge in [-0.1, -0.05) is 12.1 Å². The summed E-state index contributed by atoms with van der Waals surface area (Å²) in [7, 11) is 0. The standard InChI is InChI=1S/C15H11N5O2/c16-8-10-3-1-4-11(7-10)9-18-13-12-5-2-6-17-14(12)20(22)15(21)19-13/h1-7,22H,9H2,(H,18,19,21). The van der Waals surface area contributed by atoms with Crippen LogP contribution in [-0.2, 0) is 6.54 Å². The smallest absolute Gasteiger partial charge is 0.384 e. The van der Waals surface area contributed by atoms with Crippen LogP contribution in [0.15, 0.2) is 47.4 Å². The zero-order chi connectivity index (χ0) is 15.5. The molecule has 1 aromatic carbocycles. The van der Waals surface area contributed by atoms with Gasteiger partial charge in [-0.2, -0.15) is 10.2 Å². The maximum atomic E-state index is 11.6. The summed E-state index contributed by atoms with van der Waals surface area (Å²) in [5.41, 5.74) is 0.769. The molecule has 108 valence electrons. The van der Waals surface area contributed by atoms with Crippen molar-refractivity contribution in [2.45, 2.75) is 6.54 Å². The lowest BCUT2D eigenvalue weighted by atomic mass is 10.1. The molecule has 7 nitrogen and oxygen atoms in total. The molecule has 2 heterocycles. The summed E-state index contributed by atoms with van der Waals surface area (Å²) in [5.74, 6) is 0.334. The lowest BCUT2D eigenvalue weighted by Gasteiger charge is -2.09. The molecule has 22 heavy (non-hydrogen) atoms. The predicted molar refractivity (Wildman–Crippen MR) is 79.5 cm³/mol. The number of rotatable bonds is 3. The second-order valence-corrected chi connectivity index (χ2v) is 4.60. The Kier molecular flexibility index (Phi) is 3.42. The van der Waals surface area contributed by atoms with Crippen LogP contribution in [0.25, 0.3) is 11.0 Å². The van der Waals surface area contributed by atoms with Gasteiger partial charge in [0, 0.05) is 12.7 Å². The van der Waals surface area contributed by atoms with Crippen LogP contribution in [0.1, 0.15) is 11.1 Å². The summed E-state index contributed by atoms with van der Waals surface area (Å²) < 4.78 is 0.414. The third kappa shape index (κ3) is 2.45. The van der Waals surface area contributed by atoms with Crippen molar-refractivity contribution < 1.29 is 5.21 Å². The van der Waals surface area contributed by atoms with Crippen LogP contribution in [0, 0.1) is 11.3 Å². The van der Waals surface area contributed by atoms with E-state index in [1.807, 2.05) is 6.07 Å². The van der Waals surface area contributed by atoms with Gasteiger partial charge in [0.2, 0.25) is 0 Å². The Hall–Kier alpha value is -3.40. The Bertz CT molecular complexity index is 943. The Morgan fingerprint density at radius 3 is 3.00 bits per heavy atom. The molecule has 3 aromatic rings. The predicted octanol–water partition coefficient (Wildman–Crippen LogP) is 1.51. The van der Waals surface area contributed by atoms with Crippen molar-refractivity contribution in [3.05, 3.63) is 64.2 Å². The van der Waals surface area contributed by atoms with Gasteiger partial charge in [0.05, 0.1) is 17.0 Å². The minimum atomic E-state index is -0.806. The first-order chi connectivity index (χ1) is 10.7. The molecule has 0 bridgehead atoms. The third-order valence-electron chi connectivity index (χ3n) is 3.15. The Balaban J connectivity index is 1.96. The molecule has 0 atom stereocenters. The molecule has 0 amide bonds. The fourth-order valence-electron chi connectivity index (χ4n) is 2.12. The fraction of sp³-hybridized carbons (Fsp3) is 0.0667. The van der Waals surface area contributed by atoms with Gasteiger partial charge >= 0.3 is 5.69 Å². The van der Waals surface area contributed by atoms with E-state index < -0.39 is 5.69 Å². The second-order valence-electron chi connectivity index (χ2n) is 4.60. The van der Waals surface area contributed by atoms with Gasteiger partial charge in [0.25, 0.3) is 0 Å². The number of aromatic nitrogens is 3. The number of nitriles is 1. The highest BCUT2D eigenvalue weighted by atomic mass is 16.5. The Morgan fingerprint density at radius 1 is 1.32 bits per heavy atom. The maximum absolute atomic E-state index is 11.6. The molecular formula is C15H11N5O2. The monoisotopic (exact) mass is 293 g/mol. The van der Waals surface area contributed by atoms with Gasteiger partial charge in [0.15, 0.2) is 5.65 Å². The van der Waals surface area contributed by atoms with Crippen LogP contribution in [0.4, 0.5) is 5.82 Å². The molecular weight excluding hydrogens is 282 g/mol. The van der Waals surface area contributed by atoms with Gasteiger partial charge in [-0.3, -0.25) is 0 Å². The number of fused-ring (bicyclic) bond motifs is 1. The van der Waals surface area contributed by atoms with E-state index in [1.54, 1.807) is 30.3 Å². The number of anilines is 1. The van der Waals surface area contributed by atoms with Gasteiger partial charge in [-0.25, -0.2) is 9.78 Å². The summed E-state index contributed by atoms with van der Waals surface area (Å²) >= 11 is 0. The van der Waals surface area contributed by atoms with E-state index >= 15 is 0 Å². The minimum absolute atomic E-state index is 0.135. The highest BCUT2D eigenvalue weighted by Gasteiger charge is 2.10. The molecule has 0 fully saturated rings. The van der Waals surface area contributed by atoms with E-state index in [0.29, 0.717) is 28.0 Å². The first-order valence-corrected chi connectivity index (χ1v) is 6.49. The second kappa shape index (κ2) is 5.54. The topological polar surface area (TPSA) is 104 Å². The van der Waals surface area contributed by atoms with Gasteiger partial charge < -0.3 is 10.5 Å². The van der Waals surface area contributed by atoms with Gasteiger partial charge in [-0.05, 0) is 29.8 Å². The minimum Gasteiger partial charge on any atom is -0.422 e. The van der Waals surface area contributed by atoms with E-state index in [0.717, 1.165) is 5.56 Å². The van der Waals surface area contributed by atoms with Gasteiger partial charge in [0.1, 0.15) is 5.82 Å². The highest BCUT2D eigenvalue weighted by Crippen LogP contribution is 2.17. The molecule has 0 unspecified atom stereocenters. The average Bonchev–Trinajstić information content (AvgIpc) is 2.57. The molecule has 0 aliphatic rings. The lowest BCUT2D eigenvalue weighted by molar-refractivity contribution is 0.182. The van der Waals surface area contributed by atoms with Crippen molar-refractivity contribution in [1.29, 1.82) is 5.26 Å². The first kappa shape index (κ1) is 13.6. The number of pyridine rings is 1. The quantitative estimate of drug-likeness (QED) is 0.709. The summed E-state index contributed by atoms with van der Waals surface area (Å²) in [6.07, 6.45) is 1.48. The number of nitrogens with one attached hydrogen (secondary N) is 1. The van der Waals surface area contributed by atoms with Crippen LogP contribution in [-0.4, -0.2) is 19.9 Å². The zero-order valence-corrected chi connectivity index (χ0v) is 11.4. The summed E-state index contributed by atoms with van der Waals surface area (Å²) in [6.45, 7) is 0.390. The lowest BCUT2D eigenvalue weighted by Crippen LogP contribution is -2.23. The van der Waals surface area contributed by atoms with E-state index in [-0.39, 0.29) is 5.65 Å². The van der Waals surface area contributed by atoms with E-state index in [2.05, 4.69) is 21.4 Å². The Morgan fingerprint density at radius 2 is 2.18 bits per heavy atom. The SMILES string of the molecule is N#Cc1cccc(CNc2nc(=O)n(O)c3ncccc23)c1. The van der Waals surface area contributed by atoms with E-state index in [1.165, 1.54) is 6.20 Å². The van der Waals surface area contributed by atoms with Crippen LogP contribution < -0.4 is 11.0 Å². The summed E-state index contributed by atoms with van der Waals surface area (Å²) in [4.78, 5) is 19.4. The molecule has 3 rings (SSSR count). The molecule has 0 spiro atoms. The van der Waals surface area contributed by atoms with Crippen molar-refractivity contribution in [2.75, 3.05) is 5.32 Å². The summed E-state index contributed by atoms with van der Waals surface area (Å²) in [6, 6.07) is 12.6. The maximum Gasteiger partial charge on any atom is 0.384 e.